The maximum Gasteiger partial charge on any atom is 0.251 e. The summed E-state index contributed by atoms with van der Waals surface area (Å²) in [6, 6.07) is 15.9. The van der Waals surface area contributed by atoms with Crippen molar-refractivity contribution in [2.75, 3.05) is 38.6 Å². The molecule has 2 aromatic carbocycles. The minimum atomic E-state index is -0.845. The molecule has 0 saturated carbocycles. The molecule has 0 spiro atoms. The maximum absolute atomic E-state index is 12.3. The number of amides is 1. The zero-order chi connectivity index (χ0) is 18.6. The van der Waals surface area contributed by atoms with Crippen molar-refractivity contribution in [1.82, 2.24) is 10.6 Å². The number of rotatable bonds is 5. The van der Waals surface area contributed by atoms with E-state index in [4.69, 9.17) is 0 Å². The summed E-state index contributed by atoms with van der Waals surface area (Å²) < 4.78 is 0. The monoisotopic (exact) mass is 353 g/mol. The summed E-state index contributed by atoms with van der Waals surface area (Å²) in [6.45, 7) is 1.72. The summed E-state index contributed by atoms with van der Waals surface area (Å²) in [7, 11) is 4.03. The van der Waals surface area contributed by atoms with E-state index < -0.39 is 5.60 Å². The number of piperidine rings is 1. The number of benzene rings is 2. The van der Waals surface area contributed by atoms with Crippen molar-refractivity contribution < 1.29 is 9.90 Å². The minimum absolute atomic E-state index is 0.154. The van der Waals surface area contributed by atoms with E-state index in [0.717, 1.165) is 29.8 Å². The molecule has 1 fully saturated rings. The second kappa shape index (κ2) is 7.89. The van der Waals surface area contributed by atoms with Crippen molar-refractivity contribution in [2.45, 2.75) is 18.4 Å². The van der Waals surface area contributed by atoms with Crippen LogP contribution >= 0.6 is 0 Å². The quantitative estimate of drug-likeness (QED) is 0.772. The van der Waals surface area contributed by atoms with Crippen LogP contribution in [0.1, 0.15) is 23.2 Å². The van der Waals surface area contributed by atoms with Gasteiger partial charge in [0.2, 0.25) is 0 Å². The third kappa shape index (κ3) is 4.42. The molecule has 1 aliphatic rings. The highest BCUT2D eigenvalue weighted by molar-refractivity contribution is 5.94. The average Bonchev–Trinajstić information content (AvgIpc) is 2.67. The van der Waals surface area contributed by atoms with Crippen LogP contribution < -0.4 is 15.5 Å². The van der Waals surface area contributed by atoms with Crippen molar-refractivity contribution in [3.8, 4) is 11.1 Å². The van der Waals surface area contributed by atoms with Crippen LogP contribution in [0, 0.1) is 0 Å². The van der Waals surface area contributed by atoms with Gasteiger partial charge in [-0.3, -0.25) is 4.79 Å². The van der Waals surface area contributed by atoms with E-state index in [0.29, 0.717) is 18.5 Å². The van der Waals surface area contributed by atoms with E-state index in [1.807, 2.05) is 38.4 Å². The number of hydrogen-bond donors (Lipinski definition) is 3. The lowest BCUT2D eigenvalue weighted by molar-refractivity contribution is 0.0170. The molecule has 1 amide bonds. The highest BCUT2D eigenvalue weighted by Crippen LogP contribution is 2.23. The van der Waals surface area contributed by atoms with Crippen molar-refractivity contribution in [1.29, 1.82) is 0 Å². The Hall–Kier alpha value is -2.37. The van der Waals surface area contributed by atoms with Gasteiger partial charge < -0.3 is 20.6 Å². The molecule has 1 atom stereocenters. The number of nitrogens with one attached hydrogen (secondary N) is 2. The van der Waals surface area contributed by atoms with Crippen LogP contribution in [0.25, 0.3) is 11.1 Å². The van der Waals surface area contributed by atoms with Gasteiger partial charge in [0.05, 0.1) is 5.60 Å². The number of β-amino-alcohol motifs (C(OH)–C–C–N with tert-alkyl or cyclic N) is 1. The van der Waals surface area contributed by atoms with Crippen LogP contribution in [0.5, 0.6) is 0 Å². The van der Waals surface area contributed by atoms with Crippen molar-refractivity contribution >= 4 is 11.6 Å². The normalized spacial score (nSPS) is 19.8. The van der Waals surface area contributed by atoms with Crippen molar-refractivity contribution in [2.24, 2.45) is 0 Å². The summed E-state index contributed by atoms with van der Waals surface area (Å²) in [5, 5.41) is 16.5. The van der Waals surface area contributed by atoms with Gasteiger partial charge in [-0.25, -0.2) is 0 Å². The van der Waals surface area contributed by atoms with E-state index in [-0.39, 0.29) is 12.5 Å². The number of hydrogen-bond acceptors (Lipinski definition) is 4. The van der Waals surface area contributed by atoms with Crippen LogP contribution in [-0.4, -0.2) is 50.3 Å². The Morgan fingerprint density at radius 2 is 1.73 bits per heavy atom. The second-order valence-electron chi connectivity index (χ2n) is 7.21. The Morgan fingerprint density at radius 1 is 1.12 bits per heavy atom. The second-order valence-corrected chi connectivity index (χ2v) is 7.21. The Bertz CT molecular complexity index is 733. The van der Waals surface area contributed by atoms with Crippen LogP contribution in [0.3, 0.4) is 0 Å². The molecule has 1 heterocycles. The first-order chi connectivity index (χ1) is 12.5. The van der Waals surface area contributed by atoms with Gasteiger partial charge >= 0.3 is 0 Å². The Labute approximate surface area is 155 Å². The molecular formula is C21H27N3O2. The fraction of sp³-hybridized carbons (Fsp3) is 0.381. The third-order valence-electron chi connectivity index (χ3n) is 4.89. The van der Waals surface area contributed by atoms with Crippen LogP contribution in [0.2, 0.25) is 0 Å². The summed E-state index contributed by atoms with van der Waals surface area (Å²) in [5.74, 6) is -0.154. The molecule has 2 aromatic rings. The number of carbonyl (C=O) groups excluding carboxylic acids is 1. The minimum Gasteiger partial charge on any atom is -0.387 e. The average molecular weight is 353 g/mol. The van der Waals surface area contributed by atoms with E-state index in [2.05, 4.69) is 39.8 Å². The first-order valence-corrected chi connectivity index (χ1v) is 9.06. The van der Waals surface area contributed by atoms with Gasteiger partial charge in [-0.15, -0.1) is 0 Å². The standard InChI is InChI=1S/C21H27N3O2/c1-24(2)19-10-8-17(9-11-19)16-4-6-18(7-5-16)20(25)23-15-21(26)12-3-13-22-14-21/h4-11,22,26H,3,12-15H2,1-2H3,(H,23,25)/t21-/m0/s1. The first kappa shape index (κ1) is 18.4. The molecule has 5 nitrogen and oxygen atoms in total. The Kier molecular flexibility index (Phi) is 5.59. The van der Waals surface area contributed by atoms with Gasteiger partial charge in [-0.1, -0.05) is 24.3 Å². The molecule has 1 aliphatic heterocycles. The molecule has 3 rings (SSSR count). The van der Waals surface area contributed by atoms with E-state index in [9.17, 15) is 9.90 Å². The van der Waals surface area contributed by atoms with E-state index in [1.54, 1.807) is 0 Å². The number of carbonyl (C=O) groups is 1. The number of nitrogens with zero attached hydrogens (tertiary/aromatic N) is 1. The summed E-state index contributed by atoms with van der Waals surface area (Å²) in [4.78, 5) is 14.4. The lowest BCUT2D eigenvalue weighted by Crippen LogP contribution is -2.52. The lowest BCUT2D eigenvalue weighted by Gasteiger charge is -2.32. The zero-order valence-corrected chi connectivity index (χ0v) is 15.5. The molecular weight excluding hydrogens is 326 g/mol. The van der Waals surface area contributed by atoms with Gasteiger partial charge in [-0.05, 0) is 54.8 Å². The molecule has 3 N–H and O–H groups in total. The van der Waals surface area contributed by atoms with Gasteiger partial charge in [0.25, 0.3) is 5.91 Å². The fourth-order valence-corrected chi connectivity index (χ4v) is 3.22. The van der Waals surface area contributed by atoms with E-state index in [1.165, 1.54) is 0 Å². The summed E-state index contributed by atoms with van der Waals surface area (Å²) in [6.07, 6.45) is 1.63. The van der Waals surface area contributed by atoms with Crippen LogP contribution in [-0.2, 0) is 0 Å². The maximum atomic E-state index is 12.3. The van der Waals surface area contributed by atoms with Gasteiger partial charge in [-0.2, -0.15) is 0 Å². The molecule has 0 aromatic heterocycles. The number of aliphatic hydroxyl groups is 1. The van der Waals surface area contributed by atoms with Gasteiger partial charge in [0, 0.05) is 38.4 Å². The zero-order valence-electron chi connectivity index (χ0n) is 15.5. The third-order valence-corrected chi connectivity index (χ3v) is 4.89. The molecule has 138 valence electrons. The molecule has 0 radical (unpaired) electrons. The lowest BCUT2D eigenvalue weighted by atomic mass is 9.94. The predicted octanol–water partition coefficient (Wildman–Crippen LogP) is 2.26. The SMILES string of the molecule is CN(C)c1ccc(-c2ccc(C(=O)NC[C@]3(O)CCCNC3)cc2)cc1. The number of anilines is 1. The largest absolute Gasteiger partial charge is 0.387 e. The topological polar surface area (TPSA) is 64.6 Å². The summed E-state index contributed by atoms with van der Waals surface area (Å²) >= 11 is 0. The molecule has 0 bridgehead atoms. The van der Waals surface area contributed by atoms with Gasteiger partial charge in [0.15, 0.2) is 0 Å². The Morgan fingerprint density at radius 3 is 2.27 bits per heavy atom. The molecule has 0 aliphatic carbocycles. The van der Waals surface area contributed by atoms with Crippen LogP contribution in [0.15, 0.2) is 48.5 Å². The van der Waals surface area contributed by atoms with Crippen molar-refractivity contribution in [3.63, 3.8) is 0 Å². The van der Waals surface area contributed by atoms with E-state index >= 15 is 0 Å². The molecule has 5 heteroatoms. The smallest absolute Gasteiger partial charge is 0.251 e. The van der Waals surface area contributed by atoms with Crippen LogP contribution in [0.4, 0.5) is 5.69 Å². The highest BCUT2D eigenvalue weighted by atomic mass is 16.3. The Balaban J connectivity index is 1.62. The molecule has 26 heavy (non-hydrogen) atoms. The highest BCUT2D eigenvalue weighted by Gasteiger charge is 2.29. The first-order valence-electron chi connectivity index (χ1n) is 9.06. The van der Waals surface area contributed by atoms with Gasteiger partial charge in [0.1, 0.15) is 0 Å². The fourth-order valence-electron chi connectivity index (χ4n) is 3.22. The van der Waals surface area contributed by atoms with Crippen molar-refractivity contribution in [3.05, 3.63) is 54.1 Å². The molecule has 1 saturated heterocycles. The molecule has 0 unspecified atom stereocenters. The summed E-state index contributed by atoms with van der Waals surface area (Å²) in [5.41, 5.74) is 3.10. The predicted molar refractivity (Wildman–Crippen MR) is 106 cm³/mol.